The molecule has 2 saturated heterocycles. The molecule has 0 saturated carbocycles. The molecule has 1 radical (unpaired) electrons. The van der Waals surface area contributed by atoms with E-state index in [2.05, 4.69) is 10.2 Å². The van der Waals surface area contributed by atoms with Crippen LogP contribution in [-0.2, 0) is 4.79 Å². The Kier molecular flexibility index (Phi) is 3.40. The quantitative estimate of drug-likeness (QED) is 0.615. The van der Waals surface area contributed by atoms with Gasteiger partial charge in [0.2, 0.25) is 5.91 Å². The summed E-state index contributed by atoms with van der Waals surface area (Å²) in [6.07, 6.45) is 5.83. The third kappa shape index (κ3) is 2.27. The van der Waals surface area contributed by atoms with Crippen LogP contribution in [0.1, 0.15) is 32.1 Å². The minimum Gasteiger partial charge on any atom is -0.342 e. The summed E-state index contributed by atoms with van der Waals surface area (Å²) in [5, 5.41) is 4.33. The summed E-state index contributed by atoms with van der Waals surface area (Å²) < 4.78 is 0. The molecule has 1 amide bonds. The number of hydrogen-bond acceptors (Lipinski definition) is 1. The Balaban J connectivity index is 1.85. The van der Waals surface area contributed by atoms with Crippen LogP contribution in [0.5, 0.6) is 0 Å². The third-order valence-electron chi connectivity index (χ3n) is 3.24. The van der Waals surface area contributed by atoms with Gasteiger partial charge in [-0.2, -0.15) is 0 Å². The van der Waals surface area contributed by atoms with Gasteiger partial charge in [-0.1, -0.05) is 0 Å². The topological polar surface area (TPSA) is 34.4 Å². The molecule has 0 aromatic heterocycles. The Labute approximate surface area is 85.8 Å². The van der Waals surface area contributed by atoms with E-state index in [0.29, 0.717) is 5.91 Å². The summed E-state index contributed by atoms with van der Waals surface area (Å²) in [5.41, 5.74) is 0. The summed E-state index contributed by atoms with van der Waals surface area (Å²) >= 11 is 0. The Bertz CT molecular complexity index is 173. The molecular formula is C11H19N2O. The average molecular weight is 195 g/mol. The van der Waals surface area contributed by atoms with E-state index in [-0.39, 0.29) is 5.92 Å². The molecule has 0 N–H and O–H groups in total. The van der Waals surface area contributed by atoms with Gasteiger partial charge in [-0.05, 0) is 32.1 Å². The molecule has 1 atom stereocenters. The van der Waals surface area contributed by atoms with Gasteiger partial charge in [0, 0.05) is 26.2 Å². The fourth-order valence-corrected chi connectivity index (χ4v) is 2.36. The predicted octanol–water partition coefficient (Wildman–Crippen LogP) is 1.01. The Morgan fingerprint density at radius 3 is 2.57 bits per heavy atom. The van der Waals surface area contributed by atoms with Crippen molar-refractivity contribution in [3.05, 3.63) is 0 Å². The predicted molar refractivity (Wildman–Crippen MR) is 55.0 cm³/mol. The number of nitrogens with zero attached hydrogens (tertiary/aromatic N) is 2. The number of rotatable bonds is 1. The highest BCUT2D eigenvalue weighted by molar-refractivity contribution is 5.79. The van der Waals surface area contributed by atoms with Gasteiger partial charge in [0.05, 0.1) is 5.92 Å². The molecule has 14 heavy (non-hydrogen) atoms. The standard InChI is InChI=1S/C11H19N2O/c14-11(10-5-4-6-12-9-10)13-7-2-1-3-8-13/h10H,1-9H2/t10-/m0/s1. The number of carbonyl (C=O) groups excluding carboxylic acids is 1. The van der Waals surface area contributed by atoms with Crippen LogP contribution in [0.2, 0.25) is 0 Å². The lowest BCUT2D eigenvalue weighted by Gasteiger charge is -2.31. The van der Waals surface area contributed by atoms with Crippen LogP contribution >= 0.6 is 0 Å². The molecule has 3 heteroatoms. The SMILES string of the molecule is O=C([C@H]1CCC[N]C1)N1CCCCC1. The van der Waals surface area contributed by atoms with Gasteiger partial charge < -0.3 is 4.90 Å². The van der Waals surface area contributed by atoms with Gasteiger partial charge in [0.25, 0.3) is 0 Å². The minimum absolute atomic E-state index is 0.210. The van der Waals surface area contributed by atoms with Crippen molar-refractivity contribution in [2.75, 3.05) is 26.2 Å². The van der Waals surface area contributed by atoms with Crippen LogP contribution in [0.4, 0.5) is 0 Å². The first-order chi connectivity index (χ1) is 6.88. The van der Waals surface area contributed by atoms with Gasteiger partial charge in [-0.3, -0.25) is 4.79 Å². The maximum absolute atomic E-state index is 12.0. The summed E-state index contributed by atoms with van der Waals surface area (Å²) in [7, 11) is 0. The van der Waals surface area contributed by atoms with Gasteiger partial charge in [-0.25, -0.2) is 5.32 Å². The number of likely N-dealkylation sites (tertiary alicyclic amines) is 1. The second kappa shape index (κ2) is 4.78. The largest absolute Gasteiger partial charge is 0.342 e. The van der Waals surface area contributed by atoms with Gasteiger partial charge in [-0.15, -0.1) is 0 Å². The third-order valence-corrected chi connectivity index (χ3v) is 3.24. The van der Waals surface area contributed by atoms with E-state index in [9.17, 15) is 4.79 Å². The maximum atomic E-state index is 12.0. The van der Waals surface area contributed by atoms with Crippen LogP contribution in [0.15, 0.2) is 0 Å². The van der Waals surface area contributed by atoms with Crippen molar-refractivity contribution >= 4 is 5.91 Å². The second-order valence-electron chi connectivity index (χ2n) is 4.35. The molecule has 0 unspecified atom stereocenters. The summed E-state index contributed by atoms with van der Waals surface area (Å²) in [4.78, 5) is 14.1. The van der Waals surface area contributed by atoms with E-state index in [4.69, 9.17) is 0 Å². The fourth-order valence-electron chi connectivity index (χ4n) is 2.36. The van der Waals surface area contributed by atoms with Crippen molar-refractivity contribution in [2.45, 2.75) is 32.1 Å². The maximum Gasteiger partial charge on any atom is 0.227 e. The lowest BCUT2D eigenvalue weighted by atomic mass is 9.97. The Hall–Kier alpha value is -0.570. The monoisotopic (exact) mass is 195 g/mol. The van der Waals surface area contributed by atoms with Crippen LogP contribution < -0.4 is 5.32 Å². The summed E-state index contributed by atoms with van der Waals surface area (Å²) in [6.45, 7) is 3.70. The lowest BCUT2D eigenvalue weighted by Crippen LogP contribution is -2.43. The van der Waals surface area contributed by atoms with Crippen molar-refractivity contribution in [3.63, 3.8) is 0 Å². The van der Waals surface area contributed by atoms with Gasteiger partial charge in [0.1, 0.15) is 0 Å². The molecule has 2 aliphatic rings. The van der Waals surface area contributed by atoms with E-state index in [0.717, 1.165) is 39.0 Å². The Morgan fingerprint density at radius 2 is 1.93 bits per heavy atom. The first kappa shape index (κ1) is 9.97. The molecular weight excluding hydrogens is 176 g/mol. The average Bonchev–Trinajstić information content (AvgIpc) is 2.30. The number of amides is 1. The molecule has 0 bridgehead atoms. The van der Waals surface area contributed by atoms with E-state index >= 15 is 0 Å². The molecule has 2 rings (SSSR count). The van der Waals surface area contributed by atoms with Crippen LogP contribution in [0, 0.1) is 5.92 Å². The van der Waals surface area contributed by atoms with E-state index in [1.807, 2.05) is 0 Å². The van der Waals surface area contributed by atoms with Crippen LogP contribution in [0.25, 0.3) is 0 Å². The molecule has 2 heterocycles. The molecule has 0 aromatic rings. The molecule has 2 fully saturated rings. The molecule has 0 aromatic carbocycles. The van der Waals surface area contributed by atoms with Crippen molar-refractivity contribution in [1.82, 2.24) is 10.2 Å². The van der Waals surface area contributed by atoms with Crippen molar-refractivity contribution < 1.29 is 4.79 Å². The Morgan fingerprint density at radius 1 is 1.14 bits per heavy atom. The smallest absolute Gasteiger partial charge is 0.227 e. The van der Waals surface area contributed by atoms with E-state index in [1.54, 1.807) is 0 Å². The number of piperidine rings is 2. The molecule has 0 aliphatic carbocycles. The highest BCUT2D eigenvalue weighted by atomic mass is 16.2. The van der Waals surface area contributed by atoms with Gasteiger partial charge in [0.15, 0.2) is 0 Å². The zero-order chi connectivity index (χ0) is 9.80. The highest BCUT2D eigenvalue weighted by Gasteiger charge is 2.26. The van der Waals surface area contributed by atoms with Crippen LogP contribution in [0.3, 0.4) is 0 Å². The summed E-state index contributed by atoms with van der Waals surface area (Å²) in [6, 6.07) is 0. The number of carbonyl (C=O) groups is 1. The van der Waals surface area contributed by atoms with Gasteiger partial charge >= 0.3 is 0 Å². The minimum atomic E-state index is 0.210. The molecule has 3 nitrogen and oxygen atoms in total. The van der Waals surface area contributed by atoms with Crippen molar-refractivity contribution in [3.8, 4) is 0 Å². The highest BCUT2D eigenvalue weighted by Crippen LogP contribution is 2.17. The molecule has 0 spiro atoms. The van der Waals surface area contributed by atoms with E-state index in [1.165, 1.54) is 19.3 Å². The molecule has 79 valence electrons. The molecule has 2 aliphatic heterocycles. The van der Waals surface area contributed by atoms with Crippen LogP contribution in [-0.4, -0.2) is 37.0 Å². The zero-order valence-electron chi connectivity index (χ0n) is 8.74. The van der Waals surface area contributed by atoms with Crippen molar-refractivity contribution in [2.24, 2.45) is 5.92 Å². The second-order valence-corrected chi connectivity index (χ2v) is 4.35. The lowest BCUT2D eigenvalue weighted by molar-refractivity contribution is -0.137. The first-order valence-corrected chi connectivity index (χ1v) is 5.80. The van der Waals surface area contributed by atoms with E-state index < -0.39 is 0 Å². The normalized spacial score (nSPS) is 28.9. The summed E-state index contributed by atoms with van der Waals surface area (Å²) in [5.74, 6) is 0.579. The first-order valence-electron chi connectivity index (χ1n) is 5.80. The zero-order valence-corrected chi connectivity index (χ0v) is 8.74. The number of hydrogen-bond donors (Lipinski definition) is 0. The fraction of sp³-hybridized carbons (Fsp3) is 0.909. The van der Waals surface area contributed by atoms with Crippen molar-refractivity contribution in [1.29, 1.82) is 0 Å².